The molecule has 0 aliphatic carbocycles. The zero-order valence-electron chi connectivity index (χ0n) is 5.05. The Hall–Kier alpha value is 0.230. The number of rotatable bonds is 4. The number of ether oxygens (including phenoxy) is 2. The van der Waals surface area contributed by atoms with Crippen LogP contribution in [0.15, 0.2) is 0 Å². The summed E-state index contributed by atoms with van der Waals surface area (Å²) in [5.41, 5.74) is 0. The second kappa shape index (κ2) is 5.37. The van der Waals surface area contributed by atoms with Gasteiger partial charge in [0, 0.05) is 14.2 Å². The molecule has 8 heavy (non-hydrogen) atoms. The molecule has 0 rings (SSSR count). The molecular weight excluding hydrogens is 126 g/mol. The fourth-order valence-electron chi connectivity index (χ4n) is 0.337. The Labute approximate surface area is 54.9 Å². The molecule has 0 aromatic carbocycles. The van der Waals surface area contributed by atoms with Crippen molar-refractivity contribution in [1.29, 1.82) is 0 Å². The van der Waals surface area contributed by atoms with E-state index in [1.807, 2.05) is 0 Å². The van der Waals surface area contributed by atoms with Gasteiger partial charge < -0.3 is 9.47 Å². The predicted molar refractivity (Wildman–Crippen MR) is 34.8 cm³/mol. The second-order valence-corrected chi connectivity index (χ2v) is 1.58. The molecule has 0 saturated heterocycles. The normalized spacial score (nSPS) is 10.5. The van der Waals surface area contributed by atoms with E-state index in [1.165, 1.54) is 0 Å². The van der Waals surface area contributed by atoms with E-state index in [-0.39, 0.29) is 6.29 Å². The zero-order chi connectivity index (χ0) is 6.41. The molecule has 4 heteroatoms. The minimum atomic E-state index is -0.188. The molecule has 0 spiro atoms. The SMILES string of the molecule is COC(CNS)OC. The van der Waals surface area contributed by atoms with Gasteiger partial charge in [-0.25, -0.2) is 0 Å². The van der Waals surface area contributed by atoms with Gasteiger partial charge in [0.1, 0.15) is 0 Å². The lowest BCUT2D eigenvalue weighted by Gasteiger charge is -2.10. The Balaban J connectivity index is 3.07. The van der Waals surface area contributed by atoms with Crippen molar-refractivity contribution in [2.45, 2.75) is 6.29 Å². The molecule has 0 aliphatic rings. The van der Waals surface area contributed by atoms with Crippen LogP contribution < -0.4 is 4.72 Å². The van der Waals surface area contributed by atoms with Crippen molar-refractivity contribution < 1.29 is 9.47 Å². The summed E-state index contributed by atoms with van der Waals surface area (Å²) in [5, 5.41) is 0. The fraction of sp³-hybridized carbons (Fsp3) is 1.00. The van der Waals surface area contributed by atoms with E-state index >= 15 is 0 Å². The van der Waals surface area contributed by atoms with Crippen LogP contribution in [0.1, 0.15) is 0 Å². The van der Waals surface area contributed by atoms with E-state index < -0.39 is 0 Å². The van der Waals surface area contributed by atoms with Crippen molar-refractivity contribution in [3.8, 4) is 0 Å². The molecule has 0 aromatic heterocycles. The van der Waals surface area contributed by atoms with Crippen LogP contribution >= 0.6 is 12.8 Å². The van der Waals surface area contributed by atoms with Gasteiger partial charge in [0.05, 0.1) is 6.54 Å². The minimum absolute atomic E-state index is 0.188. The summed E-state index contributed by atoms with van der Waals surface area (Å²) in [4.78, 5) is 0. The van der Waals surface area contributed by atoms with Gasteiger partial charge in [-0.2, -0.15) is 0 Å². The molecule has 0 atom stereocenters. The highest BCUT2D eigenvalue weighted by molar-refractivity contribution is 7.78. The Kier molecular flexibility index (Phi) is 5.52. The standard InChI is InChI=1S/C4H11NO2S/c1-6-4(7-2)3-5-8/h4-5,8H,3H2,1-2H3. The predicted octanol–water partition coefficient (Wildman–Crippen LogP) is 0.0397. The Morgan fingerprint density at radius 2 is 2.00 bits per heavy atom. The van der Waals surface area contributed by atoms with Gasteiger partial charge in [-0.3, -0.25) is 4.72 Å². The summed E-state index contributed by atoms with van der Waals surface area (Å²) in [7, 11) is 3.17. The second-order valence-electron chi connectivity index (χ2n) is 1.26. The van der Waals surface area contributed by atoms with Gasteiger partial charge in [-0.15, -0.1) is 0 Å². The molecule has 0 unspecified atom stereocenters. The van der Waals surface area contributed by atoms with Gasteiger partial charge >= 0.3 is 0 Å². The minimum Gasteiger partial charge on any atom is -0.355 e. The lowest BCUT2D eigenvalue weighted by Crippen LogP contribution is -2.24. The monoisotopic (exact) mass is 137 g/mol. The van der Waals surface area contributed by atoms with Crippen LogP contribution in [0.3, 0.4) is 0 Å². The quantitative estimate of drug-likeness (QED) is 0.423. The maximum Gasteiger partial charge on any atom is 0.170 e. The summed E-state index contributed by atoms with van der Waals surface area (Å²) in [5.74, 6) is 0. The molecule has 0 aliphatic heterocycles. The van der Waals surface area contributed by atoms with Gasteiger partial charge in [-0.1, -0.05) is 12.8 Å². The largest absolute Gasteiger partial charge is 0.355 e. The molecule has 0 saturated carbocycles. The molecule has 0 aromatic rings. The first-order valence-corrected chi connectivity index (χ1v) is 2.72. The maximum atomic E-state index is 4.81. The molecule has 3 nitrogen and oxygen atoms in total. The zero-order valence-corrected chi connectivity index (χ0v) is 5.94. The molecule has 1 N–H and O–H groups in total. The molecule has 0 heterocycles. The van der Waals surface area contributed by atoms with Crippen LogP contribution in [0.5, 0.6) is 0 Å². The highest BCUT2D eigenvalue weighted by Crippen LogP contribution is 1.86. The van der Waals surface area contributed by atoms with E-state index in [0.29, 0.717) is 6.54 Å². The highest BCUT2D eigenvalue weighted by Gasteiger charge is 1.99. The third-order valence-electron chi connectivity index (χ3n) is 0.784. The van der Waals surface area contributed by atoms with Crippen molar-refractivity contribution in [3.05, 3.63) is 0 Å². The Bertz CT molecular complexity index is 49.3. The third-order valence-corrected chi connectivity index (χ3v) is 0.966. The van der Waals surface area contributed by atoms with Gasteiger partial charge in [0.25, 0.3) is 0 Å². The lowest BCUT2D eigenvalue weighted by molar-refractivity contribution is -0.0957. The van der Waals surface area contributed by atoms with E-state index in [4.69, 9.17) is 9.47 Å². The highest BCUT2D eigenvalue weighted by atomic mass is 32.1. The first-order chi connectivity index (χ1) is 3.85. The number of nitrogens with one attached hydrogen (secondary N) is 1. The summed E-state index contributed by atoms with van der Waals surface area (Å²) in [6, 6.07) is 0. The molecule has 0 fully saturated rings. The molecular formula is C4H11NO2S. The maximum absolute atomic E-state index is 4.81. The first-order valence-electron chi connectivity index (χ1n) is 2.27. The average Bonchev–Trinajstić information content (AvgIpc) is 1.83. The van der Waals surface area contributed by atoms with Crippen molar-refractivity contribution in [3.63, 3.8) is 0 Å². The number of methoxy groups -OCH3 is 2. The Morgan fingerprint density at radius 3 is 2.12 bits per heavy atom. The molecule has 0 bridgehead atoms. The molecule has 50 valence electrons. The van der Waals surface area contributed by atoms with Crippen molar-refractivity contribution in [2.75, 3.05) is 20.8 Å². The van der Waals surface area contributed by atoms with Crippen molar-refractivity contribution in [2.24, 2.45) is 0 Å². The van der Waals surface area contributed by atoms with Crippen LogP contribution in [-0.4, -0.2) is 27.1 Å². The molecule has 0 radical (unpaired) electrons. The van der Waals surface area contributed by atoms with Crippen LogP contribution in [0.25, 0.3) is 0 Å². The van der Waals surface area contributed by atoms with E-state index in [1.54, 1.807) is 14.2 Å². The number of thiol groups is 1. The van der Waals surface area contributed by atoms with Gasteiger partial charge in [0.15, 0.2) is 6.29 Å². The fourth-order valence-corrected chi connectivity index (χ4v) is 0.486. The first kappa shape index (κ1) is 8.23. The van der Waals surface area contributed by atoms with Crippen LogP contribution in [0.2, 0.25) is 0 Å². The van der Waals surface area contributed by atoms with Crippen molar-refractivity contribution in [1.82, 2.24) is 4.72 Å². The van der Waals surface area contributed by atoms with Crippen molar-refractivity contribution >= 4 is 12.8 Å². The number of hydrogen-bond donors (Lipinski definition) is 2. The topological polar surface area (TPSA) is 30.5 Å². The summed E-state index contributed by atoms with van der Waals surface area (Å²) < 4.78 is 12.2. The summed E-state index contributed by atoms with van der Waals surface area (Å²) in [6.07, 6.45) is -0.188. The smallest absolute Gasteiger partial charge is 0.170 e. The average molecular weight is 137 g/mol. The lowest BCUT2D eigenvalue weighted by atomic mass is 10.6. The third kappa shape index (κ3) is 3.26. The summed E-state index contributed by atoms with van der Waals surface area (Å²) in [6.45, 7) is 0.593. The molecule has 0 amide bonds. The van der Waals surface area contributed by atoms with Gasteiger partial charge in [-0.05, 0) is 0 Å². The summed E-state index contributed by atoms with van der Waals surface area (Å²) >= 11 is 3.76. The van der Waals surface area contributed by atoms with Crippen LogP contribution in [-0.2, 0) is 9.47 Å². The van der Waals surface area contributed by atoms with Crippen LogP contribution in [0, 0.1) is 0 Å². The Morgan fingerprint density at radius 1 is 1.50 bits per heavy atom. The van der Waals surface area contributed by atoms with Gasteiger partial charge in [0.2, 0.25) is 0 Å². The van der Waals surface area contributed by atoms with E-state index in [2.05, 4.69) is 17.5 Å². The van der Waals surface area contributed by atoms with E-state index in [0.717, 1.165) is 0 Å². The van der Waals surface area contributed by atoms with Crippen LogP contribution in [0.4, 0.5) is 0 Å². The number of hydrogen-bond acceptors (Lipinski definition) is 4. The van der Waals surface area contributed by atoms with E-state index in [9.17, 15) is 0 Å².